The van der Waals surface area contributed by atoms with Crippen LogP contribution in [-0.4, -0.2) is 38.8 Å². The summed E-state index contributed by atoms with van der Waals surface area (Å²) in [6.45, 7) is 6.07. The molecular weight excluding hydrogens is 603 g/mol. The number of halogens is 1. The first-order chi connectivity index (χ1) is 22.0. The van der Waals surface area contributed by atoms with Crippen molar-refractivity contribution in [2.24, 2.45) is 5.92 Å². The van der Waals surface area contributed by atoms with Crippen LogP contribution in [0.1, 0.15) is 81.5 Å². The number of likely N-dealkylation sites (tertiary alicyclic amines) is 1. The number of nitriles is 1. The average Bonchev–Trinajstić information content (AvgIpc) is 3.75. The molecule has 3 aromatic rings. The Balaban J connectivity index is 1.45. The number of nitrogens with one attached hydrogen (secondary N) is 2. The highest BCUT2D eigenvalue weighted by molar-refractivity contribution is 7.90. The highest BCUT2D eigenvalue weighted by Gasteiger charge is 2.44. The molecule has 1 saturated carbocycles. The third-order valence-electron chi connectivity index (χ3n) is 8.64. The molecule has 5 rings (SSSR count). The van der Waals surface area contributed by atoms with Gasteiger partial charge in [-0.05, 0) is 93.3 Å². The van der Waals surface area contributed by atoms with Crippen LogP contribution in [0, 0.1) is 23.1 Å². The SMILES string of the molecule is CC(C)(C)[S@@+]([O-])NC(CCC1CC1)(c1cccc(C#N)c1)c1ccc(F)c(NC(=O)C2CCCN2C(=O)OCc2ccccc2)c1. The molecule has 1 aliphatic carbocycles. The van der Waals surface area contributed by atoms with Gasteiger partial charge in [0.1, 0.15) is 28.8 Å². The lowest BCUT2D eigenvalue weighted by Gasteiger charge is -2.39. The molecule has 1 aliphatic heterocycles. The van der Waals surface area contributed by atoms with E-state index in [-0.39, 0.29) is 12.3 Å². The zero-order chi connectivity index (χ0) is 32.9. The fraction of sp³-hybridized carbons (Fsp3) is 0.417. The van der Waals surface area contributed by atoms with Crippen LogP contribution >= 0.6 is 0 Å². The topological polar surface area (TPSA) is 118 Å². The van der Waals surface area contributed by atoms with E-state index in [0.717, 1.165) is 30.4 Å². The van der Waals surface area contributed by atoms with E-state index in [1.807, 2.05) is 57.2 Å². The Morgan fingerprint density at radius 2 is 1.78 bits per heavy atom. The maximum atomic E-state index is 15.4. The van der Waals surface area contributed by atoms with Gasteiger partial charge < -0.3 is 14.6 Å². The van der Waals surface area contributed by atoms with Crippen LogP contribution in [0.15, 0.2) is 72.8 Å². The van der Waals surface area contributed by atoms with Crippen molar-refractivity contribution >= 4 is 29.0 Å². The zero-order valence-electron chi connectivity index (χ0n) is 26.6. The summed E-state index contributed by atoms with van der Waals surface area (Å²) in [5.41, 5.74) is 1.55. The molecule has 2 unspecified atom stereocenters. The summed E-state index contributed by atoms with van der Waals surface area (Å²) in [5, 5.41) is 12.4. The van der Waals surface area contributed by atoms with E-state index in [0.29, 0.717) is 42.9 Å². The first kappa shape index (κ1) is 33.5. The van der Waals surface area contributed by atoms with Gasteiger partial charge in [-0.25, -0.2) is 9.18 Å². The molecule has 0 spiro atoms. The van der Waals surface area contributed by atoms with Crippen LogP contribution in [0.2, 0.25) is 0 Å². The summed E-state index contributed by atoms with van der Waals surface area (Å²) in [6, 6.07) is 22.4. The molecule has 3 atom stereocenters. The second kappa shape index (κ2) is 14.2. The van der Waals surface area contributed by atoms with Gasteiger partial charge >= 0.3 is 6.09 Å². The molecule has 2 fully saturated rings. The molecular formula is C36H41FN4O4S. The predicted octanol–water partition coefficient (Wildman–Crippen LogP) is 6.92. The first-order valence-electron chi connectivity index (χ1n) is 15.8. The summed E-state index contributed by atoms with van der Waals surface area (Å²) >= 11 is -1.53. The van der Waals surface area contributed by atoms with Crippen molar-refractivity contribution in [3.05, 3.63) is 101 Å². The van der Waals surface area contributed by atoms with Gasteiger partial charge in [0.25, 0.3) is 0 Å². The summed E-state index contributed by atoms with van der Waals surface area (Å²) in [7, 11) is 0. The molecule has 0 radical (unpaired) electrons. The number of anilines is 1. The number of carbonyl (C=O) groups excluding carboxylic acids is 2. The lowest BCUT2D eigenvalue weighted by Crippen LogP contribution is -2.52. The fourth-order valence-electron chi connectivity index (χ4n) is 5.78. The summed E-state index contributed by atoms with van der Waals surface area (Å²) in [5.74, 6) is -0.600. The third-order valence-corrected chi connectivity index (χ3v) is 10.3. The van der Waals surface area contributed by atoms with E-state index in [2.05, 4.69) is 16.1 Å². The minimum atomic E-state index is -1.53. The number of ether oxygens (including phenoxy) is 1. The smallest absolute Gasteiger partial charge is 0.410 e. The van der Waals surface area contributed by atoms with Crippen molar-refractivity contribution in [2.75, 3.05) is 11.9 Å². The van der Waals surface area contributed by atoms with E-state index in [1.165, 1.54) is 11.0 Å². The number of hydrogen-bond acceptors (Lipinski definition) is 6. The minimum Gasteiger partial charge on any atom is -0.598 e. The molecule has 8 nitrogen and oxygen atoms in total. The van der Waals surface area contributed by atoms with Gasteiger partial charge in [-0.3, -0.25) is 9.69 Å². The predicted molar refractivity (Wildman–Crippen MR) is 176 cm³/mol. The highest BCUT2D eigenvalue weighted by Crippen LogP contribution is 2.43. The van der Waals surface area contributed by atoms with E-state index in [9.17, 15) is 19.4 Å². The quantitative estimate of drug-likeness (QED) is 0.219. The van der Waals surface area contributed by atoms with E-state index < -0.39 is 45.5 Å². The van der Waals surface area contributed by atoms with E-state index >= 15 is 4.39 Å². The Morgan fingerprint density at radius 1 is 1.04 bits per heavy atom. The normalized spacial score (nSPS) is 18.3. The molecule has 242 valence electrons. The fourth-order valence-corrected chi connectivity index (χ4v) is 6.74. The standard InChI is InChI=1S/C36H41FN4O4S/c1-35(2,3)46(44)40-36(19-18-25-14-15-25,28-12-7-11-27(21-28)23-38)29-16-17-30(37)31(22-29)39-33(42)32-13-8-20-41(32)34(43)45-24-26-9-5-4-6-10-26/h4-7,9-12,16-17,21-22,25,32,40H,8,13-15,18-20,24H2,1-3H3,(H,39,42)/t32?,36?,46-/m1/s1. The second-order valence-electron chi connectivity index (χ2n) is 13.1. The van der Waals surface area contributed by atoms with Crippen molar-refractivity contribution in [2.45, 2.75) is 82.2 Å². The third kappa shape index (κ3) is 7.89. The number of amides is 2. The monoisotopic (exact) mass is 644 g/mol. The molecule has 10 heteroatoms. The summed E-state index contributed by atoms with van der Waals surface area (Å²) < 4.78 is 37.4. The average molecular weight is 645 g/mol. The highest BCUT2D eigenvalue weighted by atomic mass is 32.2. The summed E-state index contributed by atoms with van der Waals surface area (Å²) in [6.07, 6.45) is 4.07. The van der Waals surface area contributed by atoms with Gasteiger partial charge in [-0.1, -0.05) is 61.4 Å². The van der Waals surface area contributed by atoms with Crippen molar-refractivity contribution in [1.82, 2.24) is 9.62 Å². The van der Waals surface area contributed by atoms with Crippen molar-refractivity contribution < 1.29 is 23.3 Å². The molecule has 2 aliphatic rings. The van der Waals surface area contributed by atoms with Gasteiger partial charge in [0.2, 0.25) is 5.91 Å². The molecule has 0 aromatic heterocycles. The molecule has 1 heterocycles. The van der Waals surface area contributed by atoms with Crippen LogP contribution < -0.4 is 10.0 Å². The molecule has 0 bridgehead atoms. The van der Waals surface area contributed by atoms with Crippen LogP contribution in [-0.2, 0) is 33.0 Å². The maximum absolute atomic E-state index is 15.4. The van der Waals surface area contributed by atoms with Gasteiger partial charge in [0.05, 0.1) is 17.3 Å². The van der Waals surface area contributed by atoms with Crippen LogP contribution in [0.25, 0.3) is 0 Å². The Kier molecular flexibility index (Phi) is 10.4. The van der Waals surface area contributed by atoms with Gasteiger partial charge in [0, 0.05) is 17.9 Å². The molecule has 2 amide bonds. The number of hydrogen-bond donors (Lipinski definition) is 2. The van der Waals surface area contributed by atoms with Crippen LogP contribution in [0.3, 0.4) is 0 Å². The van der Waals surface area contributed by atoms with Gasteiger partial charge in [0.15, 0.2) is 0 Å². The van der Waals surface area contributed by atoms with Crippen LogP contribution in [0.5, 0.6) is 0 Å². The van der Waals surface area contributed by atoms with Gasteiger partial charge in [-0.2, -0.15) is 5.26 Å². The Labute approximate surface area is 273 Å². The lowest BCUT2D eigenvalue weighted by molar-refractivity contribution is -0.120. The van der Waals surface area contributed by atoms with E-state index in [4.69, 9.17) is 4.74 Å². The second-order valence-corrected chi connectivity index (χ2v) is 15.1. The first-order valence-corrected chi connectivity index (χ1v) is 16.9. The largest absolute Gasteiger partial charge is 0.598 e. The van der Waals surface area contributed by atoms with Crippen LogP contribution in [0.4, 0.5) is 14.9 Å². The molecule has 3 aromatic carbocycles. The summed E-state index contributed by atoms with van der Waals surface area (Å²) in [4.78, 5) is 27.9. The number of carbonyl (C=O) groups is 2. The van der Waals surface area contributed by atoms with Crippen molar-refractivity contribution in [1.29, 1.82) is 5.26 Å². The zero-order valence-corrected chi connectivity index (χ0v) is 27.4. The van der Waals surface area contributed by atoms with Crippen molar-refractivity contribution in [3.63, 3.8) is 0 Å². The molecule has 2 N–H and O–H groups in total. The van der Waals surface area contributed by atoms with E-state index in [1.54, 1.807) is 30.3 Å². The lowest BCUT2D eigenvalue weighted by atomic mass is 9.79. The number of rotatable bonds is 11. The van der Waals surface area contributed by atoms with Gasteiger partial charge in [-0.15, -0.1) is 4.72 Å². The molecule has 46 heavy (non-hydrogen) atoms. The molecule has 1 saturated heterocycles. The Hall–Kier alpha value is -3.91. The Bertz CT molecular complexity index is 1590. The van der Waals surface area contributed by atoms with Crippen molar-refractivity contribution in [3.8, 4) is 6.07 Å². The number of benzene rings is 3. The minimum absolute atomic E-state index is 0.0393. The maximum Gasteiger partial charge on any atom is 0.410 e. The number of nitrogens with zero attached hydrogens (tertiary/aromatic N) is 2. The Morgan fingerprint density at radius 3 is 2.48 bits per heavy atom.